The predicted octanol–water partition coefficient (Wildman–Crippen LogP) is 1.55. The molecule has 2 aliphatic rings. The zero-order chi connectivity index (χ0) is 14.2. The number of rotatable bonds is 4. The van der Waals surface area contributed by atoms with Crippen LogP contribution in [0.5, 0.6) is 0 Å². The van der Waals surface area contributed by atoms with Gasteiger partial charge in [-0.2, -0.15) is 0 Å². The third-order valence-electron chi connectivity index (χ3n) is 3.66. The molecule has 0 radical (unpaired) electrons. The van der Waals surface area contributed by atoms with Crippen molar-refractivity contribution in [2.75, 3.05) is 18.1 Å². The van der Waals surface area contributed by atoms with Gasteiger partial charge in [-0.1, -0.05) is 0 Å². The van der Waals surface area contributed by atoms with Gasteiger partial charge in [0, 0.05) is 35.3 Å². The molecular formula is C13H14N2O3S2. The summed E-state index contributed by atoms with van der Waals surface area (Å²) in [7, 11) is 0. The summed E-state index contributed by atoms with van der Waals surface area (Å²) in [6.45, 7) is 0.330. The van der Waals surface area contributed by atoms with Gasteiger partial charge in [-0.3, -0.25) is 14.6 Å². The van der Waals surface area contributed by atoms with Crippen molar-refractivity contribution in [3.63, 3.8) is 0 Å². The number of aliphatic carboxylic acids is 1. The highest BCUT2D eigenvalue weighted by molar-refractivity contribution is 8.00. The first kappa shape index (κ1) is 13.8. The summed E-state index contributed by atoms with van der Waals surface area (Å²) in [4.78, 5) is 29.9. The van der Waals surface area contributed by atoms with Gasteiger partial charge in [0.15, 0.2) is 0 Å². The van der Waals surface area contributed by atoms with E-state index in [-0.39, 0.29) is 11.3 Å². The van der Waals surface area contributed by atoms with E-state index in [2.05, 4.69) is 4.98 Å². The number of carboxylic acid groups (broad SMARTS) is 1. The monoisotopic (exact) mass is 310 g/mol. The lowest BCUT2D eigenvalue weighted by molar-refractivity contribution is -0.153. The van der Waals surface area contributed by atoms with E-state index in [4.69, 9.17) is 0 Å². The maximum Gasteiger partial charge on any atom is 0.313 e. The molecule has 1 amide bonds. The minimum atomic E-state index is -0.856. The number of thioether (sulfide) groups is 2. The van der Waals surface area contributed by atoms with E-state index in [1.54, 1.807) is 29.1 Å². The maximum atomic E-state index is 11.7. The van der Waals surface area contributed by atoms with Crippen LogP contribution in [0.1, 0.15) is 6.42 Å². The van der Waals surface area contributed by atoms with Crippen LogP contribution >= 0.6 is 23.5 Å². The third kappa shape index (κ3) is 2.40. The lowest BCUT2D eigenvalue weighted by Gasteiger charge is -2.49. The number of pyridine rings is 1. The molecule has 1 N–H and O–H groups in total. The number of hydrogen-bond acceptors (Lipinski definition) is 5. The lowest BCUT2D eigenvalue weighted by atomic mass is 9.90. The summed E-state index contributed by atoms with van der Waals surface area (Å²) in [6, 6.07) is 3.74. The first-order valence-electron chi connectivity index (χ1n) is 6.28. The molecule has 5 nitrogen and oxygen atoms in total. The van der Waals surface area contributed by atoms with Gasteiger partial charge >= 0.3 is 5.97 Å². The molecule has 1 unspecified atom stereocenters. The zero-order valence-corrected chi connectivity index (χ0v) is 12.3. The Bertz CT molecular complexity index is 540. The molecule has 0 saturated carbocycles. The molecule has 7 heteroatoms. The summed E-state index contributed by atoms with van der Waals surface area (Å²) in [6.07, 6.45) is 3.94. The van der Waals surface area contributed by atoms with Crippen LogP contribution in [0.25, 0.3) is 0 Å². The fourth-order valence-corrected chi connectivity index (χ4v) is 4.99. The van der Waals surface area contributed by atoms with Crippen molar-refractivity contribution in [1.82, 2.24) is 9.88 Å². The first-order valence-corrected chi connectivity index (χ1v) is 8.31. The molecule has 2 saturated heterocycles. The van der Waals surface area contributed by atoms with Crippen molar-refractivity contribution in [2.24, 2.45) is 5.41 Å². The lowest BCUT2D eigenvalue weighted by Crippen LogP contribution is -2.61. The number of nitrogens with zero attached hydrogens (tertiary/aromatic N) is 2. The predicted molar refractivity (Wildman–Crippen MR) is 77.6 cm³/mol. The quantitative estimate of drug-likeness (QED) is 0.672. The number of amides is 1. The van der Waals surface area contributed by atoms with Crippen LogP contribution in [0.3, 0.4) is 0 Å². The maximum absolute atomic E-state index is 11.7. The van der Waals surface area contributed by atoms with Crippen LogP contribution in [0, 0.1) is 5.41 Å². The summed E-state index contributed by atoms with van der Waals surface area (Å²) in [5.41, 5.74) is -0.856. The molecule has 2 atom stereocenters. The molecule has 0 bridgehead atoms. The van der Waals surface area contributed by atoms with Crippen molar-refractivity contribution in [3.8, 4) is 0 Å². The largest absolute Gasteiger partial charge is 0.481 e. The van der Waals surface area contributed by atoms with Gasteiger partial charge in [-0.15, -0.1) is 23.5 Å². The van der Waals surface area contributed by atoms with E-state index in [0.29, 0.717) is 24.5 Å². The smallest absolute Gasteiger partial charge is 0.313 e. The normalized spacial score (nSPS) is 28.7. The highest BCUT2D eigenvalue weighted by Gasteiger charge is 2.51. The first-order chi connectivity index (χ1) is 9.61. The van der Waals surface area contributed by atoms with Crippen molar-refractivity contribution in [2.45, 2.75) is 16.7 Å². The molecule has 3 heterocycles. The molecule has 2 fully saturated rings. The van der Waals surface area contributed by atoms with E-state index in [1.807, 2.05) is 12.1 Å². The average Bonchev–Trinajstić information content (AvgIpc) is 2.46. The number of hydrogen-bond donors (Lipinski definition) is 1. The molecule has 0 aromatic carbocycles. The Labute approximate surface area is 125 Å². The summed E-state index contributed by atoms with van der Waals surface area (Å²) < 4.78 is 0. The fraction of sp³-hybridized carbons (Fsp3) is 0.462. The highest BCUT2D eigenvalue weighted by atomic mass is 32.2. The van der Waals surface area contributed by atoms with Gasteiger partial charge in [0.25, 0.3) is 0 Å². The zero-order valence-electron chi connectivity index (χ0n) is 10.7. The van der Waals surface area contributed by atoms with Crippen molar-refractivity contribution < 1.29 is 14.7 Å². The van der Waals surface area contributed by atoms with Crippen LogP contribution in [-0.4, -0.2) is 50.3 Å². The highest BCUT2D eigenvalue weighted by Crippen LogP contribution is 2.44. The van der Waals surface area contributed by atoms with Gasteiger partial charge in [-0.25, -0.2) is 0 Å². The summed E-state index contributed by atoms with van der Waals surface area (Å²) in [5, 5.41) is 9.80. The molecular weight excluding hydrogens is 296 g/mol. The average molecular weight is 310 g/mol. The van der Waals surface area contributed by atoms with E-state index >= 15 is 0 Å². The number of aromatic nitrogens is 1. The van der Waals surface area contributed by atoms with E-state index < -0.39 is 11.4 Å². The van der Waals surface area contributed by atoms with Crippen LogP contribution in [0.4, 0.5) is 0 Å². The van der Waals surface area contributed by atoms with Crippen molar-refractivity contribution in [1.29, 1.82) is 0 Å². The summed E-state index contributed by atoms with van der Waals surface area (Å²) >= 11 is 3.10. The molecule has 0 aliphatic carbocycles. The van der Waals surface area contributed by atoms with Gasteiger partial charge in [0.05, 0.1) is 11.8 Å². The number of carbonyl (C=O) groups is 2. The molecule has 3 rings (SSSR count). The number of fused-ring (bicyclic) bond motifs is 1. The van der Waals surface area contributed by atoms with E-state index in [1.165, 1.54) is 11.8 Å². The van der Waals surface area contributed by atoms with E-state index in [9.17, 15) is 14.7 Å². The van der Waals surface area contributed by atoms with Crippen LogP contribution in [-0.2, 0) is 9.59 Å². The molecule has 20 heavy (non-hydrogen) atoms. The SMILES string of the molecule is O=C1C[C@H]2SCC(CSc3ccncc3)(C(=O)O)CN12. The van der Waals surface area contributed by atoms with Gasteiger partial charge in [0.1, 0.15) is 5.41 Å². The number of carbonyl (C=O) groups excluding carboxylic acids is 1. The molecule has 106 valence electrons. The van der Waals surface area contributed by atoms with Crippen LogP contribution in [0.15, 0.2) is 29.4 Å². The Hall–Kier alpha value is -1.21. The van der Waals surface area contributed by atoms with Gasteiger partial charge < -0.3 is 10.0 Å². The van der Waals surface area contributed by atoms with Crippen molar-refractivity contribution >= 4 is 35.4 Å². The van der Waals surface area contributed by atoms with Crippen molar-refractivity contribution in [3.05, 3.63) is 24.5 Å². The second kappa shape index (κ2) is 5.29. The fourth-order valence-electron chi connectivity index (χ4n) is 2.33. The number of carboxylic acids is 1. The molecule has 1 aromatic heterocycles. The third-order valence-corrected chi connectivity index (χ3v) is 6.49. The molecule has 1 aromatic rings. The Balaban J connectivity index is 1.72. The van der Waals surface area contributed by atoms with Crippen LogP contribution < -0.4 is 0 Å². The molecule has 2 aliphatic heterocycles. The van der Waals surface area contributed by atoms with Gasteiger partial charge in [-0.05, 0) is 12.1 Å². The minimum Gasteiger partial charge on any atom is -0.481 e. The summed E-state index contributed by atoms with van der Waals surface area (Å²) in [5.74, 6) is 0.288. The topological polar surface area (TPSA) is 70.5 Å². The number of β-lactam (4-membered cyclic amide) rings is 1. The van der Waals surface area contributed by atoms with E-state index in [0.717, 1.165) is 4.90 Å². The Morgan fingerprint density at radius 1 is 1.55 bits per heavy atom. The minimum absolute atomic E-state index is 0.0711. The standard InChI is InChI=1S/C13H14N2O3S2/c16-10-5-11-15(10)6-13(8-20-11,12(17)18)7-19-9-1-3-14-4-2-9/h1-4,11H,5-8H2,(H,17,18)/t11-,13?/m1/s1. The van der Waals surface area contributed by atoms with Gasteiger partial charge in [0.2, 0.25) is 5.91 Å². The Kier molecular flexibility index (Phi) is 3.64. The van der Waals surface area contributed by atoms with Crippen LogP contribution in [0.2, 0.25) is 0 Å². The molecule has 0 spiro atoms. The Morgan fingerprint density at radius 3 is 2.95 bits per heavy atom. The Morgan fingerprint density at radius 2 is 2.30 bits per heavy atom. The second-order valence-corrected chi connectivity index (χ2v) is 7.26. The second-order valence-electron chi connectivity index (χ2n) is 5.05.